The van der Waals surface area contributed by atoms with Gasteiger partial charge in [-0.1, -0.05) is 42.0 Å². The highest BCUT2D eigenvalue weighted by atomic mass is 79.9. The summed E-state index contributed by atoms with van der Waals surface area (Å²) >= 11 is 3.45. The summed E-state index contributed by atoms with van der Waals surface area (Å²) in [6.45, 7) is 2.78. The molecule has 10 heteroatoms. The number of carbonyl (C=O) groups is 2. The van der Waals surface area contributed by atoms with Gasteiger partial charge in [-0.15, -0.1) is 0 Å². The number of piperidine rings is 1. The largest absolute Gasteiger partial charge is 0.338 e. The average Bonchev–Trinajstić information content (AvgIpc) is 3.81. The first-order valence-electron chi connectivity index (χ1n) is 13.8. The van der Waals surface area contributed by atoms with Gasteiger partial charge in [0.25, 0.3) is 5.91 Å². The second kappa shape index (κ2) is 12.4. The minimum absolute atomic E-state index is 0.0727. The molecular formula is C31H33BrFN3O4S. The molecule has 0 N–H and O–H groups in total. The van der Waals surface area contributed by atoms with Crippen molar-refractivity contribution in [1.82, 2.24) is 14.1 Å². The summed E-state index contributed by atoms with van der Waals surface area (Å²) in [4.78, 5) is 30.8. The molecule has 3 aromatic rings. The van der Waals surface area contributed by atoms with Gasteiger partial charge in [-0.3, -0.25) is 9.59 Å². The van der Waals surface area contributed by atoms with Gasteiger partial charge in [0.2, 0.25) is 15.9 Å². The maximum Gasteiger partial charge on any atom is 0.254 e. The van der Waals surface area contributed by atoms with Crippen LogP contribution >= 0.6 is 15.9 Å². The fourth-order valence-corrected chi connectivity index (χ4v) is 7.32. The first-order chi connectivity index (χ1) is 19.6. The number of halogens is 2. The molecule has 0 bridgehead atoms. The average molecular weight is 643 g/mol. The number of carbonyl (C=O) groups excluding carboxylic acids is 2. The van der Waals surface area contributed by atoms with Crippen LogP contribution in [0.1, 0.15) is 47.2 Å². The van der Waals surface area contributed by atoms with E-state index in [2.05, 4.69) is 15.9 Å². The van der Waals surface area contributed by atoms with Crippen LogP contribution in [-0.4, -0.2) is 66.1 Å². The Bertz CT molecular complexity index is 1500. The predicted octanol–water partition coefficient (Wildman–Crippen LogP) is 5.38. The molecule has 1 saturated heterocycles. The van der Waals surface area contributed by atoms with E-state index in [0.29, 0.717) is 44.3 Å². The zero-order valence-electron chi connectivity index (χ0n) is 22.9. The topological polar surface area (TPSA) is 78.0 Å². The van der Waals surface area contributed by atoms with Gasteiger partial charge in [-0.2, -0.15) is 4.31 Å². The van der Waals surface area contributed by atoms with Crippen molar-refractivity contribution in [1.29, 1.82) is 0 Å². The van der Waals surface area contributed by atoms with E-state index in [9.17, 15) is 22.4 Å². The van der Waals surface area contributed by atoms with Crippen molar-refractivity contribution in [3.05, 3.63) is 99.8 Å². The molecule has 1 aliphatic heterocycles. The van der Waals surface area contributed by atoms with Crippen LogP contribution in [0.5, 0.6) is 0 Å². The number of nitrogens with zero attached hydrogens (tertiary/aromatic N) is 3. The van der Waals surface area contributed by atoms with Crippen LogP contribution in [0.25, 0.3) is 0 Å². The van der Waals surface area contributed by atoms with Gasteiger partial charge in [0.15, 0.2) is 0 Å². The van der Waals surface area contributed by atoms with Crippen LogP contribution in [0.15, 0.2) is 82.2 Å². The summed E-state index contributed by atoms with van der Waals surface area (Å²) in [5.41, 5.74) is 2.30. The molecule has 216 valence electrons. The molecule has 41 heavy (non-hydrogen) atoms. The molecule has 5 rings (SSSR count). The minimum atomic E-state index is -3.87. The third-order valence-corrected chi connectivity index (χ3v) is 10.4. The Labute approximate surface area is 249 Å². The zero-order valence-corrected chi connectivity index (χ0v) is 25.3. The third-order valence-electron chi connectivity index (χ3n) is 7.76. The number of benzene rings is 3. The van der Waals surface area contributed by atoms with E-state index in [1.54, 1.807) is 52.3 Å². The van der Waals surface area contributed by atoms with Gasteiger partial charge in [0, 0.05) is 36.2 Å². The molecule has 2 aliphatic rings. The molecule has 1 aliphatic carbocycles. The summed E-state index contributed by atoms with van der Waals surface area (Å²) in [5, 5.41) is 0. The first-order valence-corrected chi connectivity index (χ1v) is 16.0. The Morgan fingerprint density at radius 1 is 0.902 bits per heavy atom. The lowest BCUT2D eigenvalue weighted by molar-refractivity contribution is -0.135. The number of rotatable bonds is 9. The van der Waals surface area contributed by atoms with Gasteiger partial charge >= 0.3 is 0 Å². The van der Waals surface area contributed by atoms with E-state index in [4.69, 9.17) is 0 Å². The van der Waals surface area contributed by atoms with E-state index in [0.717, 1.165) is 15.6 Å². The van der Waals surface area contributed by atoms with Gasteiger partial charge in [0.1, 0.15) is 5.82 Å². The van der Waals surface area contributed by atoms with Crippen molar-refractivity contribution in [2.75, 3.05) is 19.6 Å². The number of hydrogen-bond donors (Lipinski definition) is 0. The maximum atomic E-state index is 13.9. The standard InChI is InChI=1S/C31H33BrFN3O4S/c1-22-6-14-27(15-7-22)41(39,40)36(26-12-13-26)21-30(37)35(20-23-8-10-24(33)11-9-23)25-16-18-34(19-17-25)31(38)28-4-2-3-5-29(28)32/h2-11,14-15,25-26H,12-13,16-21H2,1H3. The van der Waals surface area contributed by atoms with Crippen LogP contribution in [0.2, 0.25) is 0 Å². The van der Waals surface area contributed by atoms with Crippen molar-refractivity contribution in [2.45, 2.75) is 56.1 Å². The first kappa shape index (κ1) is 29.4. The number of hydrogen-bond acceptors (Lipinski definition) is 4. The highest BCUT2D eigenvalue weighted by molar-refractivity contribution is 9.10. The number of aryl methyl sites for hydroxylation is 1. The van der Waals surface area contributed by atoms with Crippen LogP contribution in [-0.2, 0) is 21.4 Å². The lowest BCUT2D eigenvalue weighted by Crippen LogP contribution is -2.51. The van der Waals surface area contributed by atoms with Crippen LogP contribution in [0.3, 0.4) is 0 Å². The SMILES string of the molecule is Cc1ccc(S(=O)(=O)N(CC(=O)N(Cc2ccc(F)cc2)C2CCN(C(=O)c3ccccc3Br)CC2)C2CC2)cc1. The molecule has 0 radical (unpaired) electrons. The normalized spacial score (nSPS) is 16.1. The van der Waals surface area contributed by atoms with Gasteiger partial charge in [-0.25, -0.2) is 12.8 Å². The highest BCUT2D eigenvalue weighted by Gasteiger charge is 2.41. The lowest BCUT2D eigenvalue weighted by atomic mass is 10.0. The van der Waals surface area contributed by atoms with E-state index in [-0.39, 0.29) is 47.7 Å². The number of likely N-dealkylation sites (tertiary alicyclic amines) is 1. The van der Waals surface area contributed by atoms with Gasteiger partial charge in [0.05, 0.1) is 17.0 Å². The fraction of sp³-hybridized carbons (Fsp3) is 0.355. The lowest BCUT2D eigenvalue weighted by Gasteiger charge is -2.39. The maximum absolute atomic E-state index is 13.9. The van der Waals surface area contributed by atoms with E-state index in [1.807, 2.05) is 25.1 Å². The summed E-state index contributed by atoms with van der Waals surface area (Å²) in [5.74, 6) is -0.737. The van der Waals surface area contributed by atoms with Gasteiger partial charge in [-0.05, 0) is 90.5 Å². The molecule has 0 atom stereocenters. The Balaban J connectivity index is 1.35. The number of sulfonamides is 1. The molecule has 0 aromatic heterocycles. The molecular weight excluding hydrogens is 609 g/mol. The van der Waals surface area contributed by atoms with Crippen molar-refractivity contribution < 1.29 is 22.4 Å². The van der Waals surface area contributed by atoms with Crippen LogP contribution in [0.4, 0.5) is 4.39 Å². The fourth-order valence-electron chi connectivity index (χ4n) is 5.24. The third kappa shape index (κ3) is 6.88. The second-order valence-electron chi connectivity index (χ2n) is 10.7. The van der Waals surface area contributed by atoms with E-state index >= 15 is 0 Å². The van der Waals surface area contributed by atoms with Crippen molar-refractivity contribution in [3.63, 3.8) is 0 Å². The Kier molecular flexibility index (Phi) is 8.91. The summed E-state index contributed by atoms with van der Waals surface area (Å²) in [6.07, 6.45) is 2.53. The molecule has 2 amide bonds. The molecule has 1 heterocycles. The smallest absolute Gasteiger partial charge is 0.254 e. The van der Waals surface area contributed by atoms with E-state index in [1.165, 1.54) is 16.4 Å². The molecule has 1 saturated carbocycles. The predicted molar refractivity (Wildman–Crippen MR) is 158 cm³/mol. The quantitative estimate of drug-likeness (QED) is 0.314. The Morgan fingerprint density at radius 3 is 2.15 bits per heavy atom. The number of amides is 2. The molecule has 2 fully saturated rings. The molecule has 7 nitrogen and oxygen atoms in total. The molecule has 3 aromatic carbocycles. The van der Waals surface area contributed by atoms with Crippen molar-refractivity contribution >= 4 is 37.8 Å². The Hall–Kier alpha value is -3.08. The molecule has 0 unspecified atom stereocenters. The van der Waals surface area contributed by atoms with Gasteiger partial charge < -0.3 is 9.80 Å². The molecule has 0 spiro atoms. The monoisotopic (exact) mass is 641 g/mol. The highest BCUT2D eigenvalue weighted by Crippen LogP contribution is 2.33. The second-order valence-corrected chi connectivity index (χ2v) is 13.5. The van der Waals surface area contributed by atoms with Crippen LogP contribution in [0, 0.1) is 12.7 Å². The van der Waals surface area contributed by atoms with Crippen molar-refractivity contribution in [2.24, 2.45) is 0 Å². The summed E-state index contributed by atoms with van der Waals surface area (Å²) < 4.78 is 42.9. The minimum Gasteiger partial charge on any atom is -0.338 e. The zero-order chi connectivity index (χ0) is 29.1. The Morgan fingerprint density at radius 2 is 1.54 bits per heavy atom. The summed E-state index contributed by atoms with van der Waals surface area (Å²) in [7, 11) is -3.87. The van der Waals surface area contributed by atoms with E-state index < -0.39 is 10.0 Å². The van der Waals surface area contributed by atoms with Crippen molar-refractivity contribution in [3.8, 4) is 0 Å². The van der Waals surface area contributed by atoms with Crippen LogP contribution < -0.4 is 0 Å². The summed E-state index contributed by atoms with van der Waals surface area (Å²) in [6, 6.07) is 19.6.